The van der Waals surface area contributed by atoms with Gasteiger partial charge >= 0.3 is 0 Å². The van der Waals surface area contributed by atoms with Crippen LogP contribution in [0, 0.1) is 5.92 Å². The number of rotatable bonds is 4. The number of hydrogen-bond acceptors (Lipinski definition) is 3. The first-order valence-electron chi connectivity index (χ1n) is 9.17. The highest BCUT2D eigenvalue weighted by atomic mass is 16.1. The Morgan fingerprint density at radius 2 is 1.92 bits per heavy atom. The first-order chi connectivity index (χ1) is 11.8. The van der Waals surface area contributed by atoms with E-state index in [0.29, 0.717) is 18.4 Å². The van der Waals surface area contributed by atoms with E-state index in [-0.39, 0.29) is 5.91 Å². The Bertz CT molecular complexity index is 712. The molecule has 1 saturated carbocycles. The van der Waals surface area contributed by atoms with Crippen molar-refractivity contribution in [1.29, 1.82) is 0 Å². The van der Waals surface area contributed by atoms with E-state index in [4.69, 9.17) is 0 Å². The molecule has 0 spiro atoms. The number of hydrogen-bond donors (Lipinski definition) is 1. The van der Waals surface area contributed by atoms with Gasteiger partial charge in [-0.3, -0.25) is 9.78 Å². The maximum atomic E-state index is 12.1. The quantitative estimate of drug-likeness (QED) is 0.936. The lowest BCUT2D eigenvalue weighted by atomic mass is 9.90. The first-order valence-corrected chi connectivity index (χ1v) is 9.17. The van der Waals surface area contributed by atoms with E-state index < -0.39 is 0 Å². The number of piperidine rings is 1. The van der Waals surface area contributed by atoms with Gasteiger partial charge < -0.3 is 10.2 Å². The van der Waals surface area contributed by atoms with E-state index in [0.717, 1.165) is 31.4 Å². The highest BCUT2D eigenvalue weighted by molar-refractivity contribution is 5.91. The van der Waals surface area contributed by atoms with Crippen molar-refractivity contribution in [3.8, 4) is 0 Å². The fraction of sp³-hybridized carbons (Fsp3) is 0.500. The lowest BCUT2D eigenvalue weighted by Gasteiger charge is -2.34. The van der Waals surface area contributed by atoms with Crippen LogP contribution in [0.1, 0.15) is 38.5 Å². The van der Waals surface area contributed by atoms with Gasteiger partial charge in [-0.1, -0.05) is 18.2 Å². The Balaban J connectivity index is 1.36. The molecule has 2 fully saturated rings. The lowest BCUT2D eigenvalue weighted by molar-refractivity contribution is -0.123. The van der Waals surface area contributed by atoms with Crippen molar-refractivity contribution in [2.45, 2.75) is 44.6 Å². The predicted octanol–water partition coefficient (Wildman–Crippen LogP) is 3.51. The molecule has 1 aromatic heterocycles. The number of para-hydroxylation sites is 1. The molecule has 2 heterocycles. The largest absolute Gasteiger partial charge is 0.371 e. The minimum atomic E-state index is 0.257. The summed E-state index contributed by atoms with van der Waals surface area (Å²) in [6.07, 6.45) is 8.38. The Kier molecular flexibility index (Phi) is 4.37. The predicted molar refractivity (Wildman–Crippen MR) is 97.1 cm³/mol. The Labute approximate surface area is 143 Å². The average Bonchev–Trinajstić information content (AvgIpc) is 2.58. The molecule has 126 valence electrons. The van der Waals surface area contributed by atoms with Crippen molar-refractivity contribution in [2.75, 3.05) is 18.0 Å². The summed E-state index contributed by atoms with van der Waals surface area (Å²) < 4.78 is 0. The third-order valence-electron chi connectivity index (χ3n) is 5.53. The van der Waals surface area contributed by atoms with Gasteiger partial charge in [0.25, 0.3) is 0 Å². The molecule has 2 aliphatic rings. The minimum absolute atomic E-state index is 0.257. The molecular formula is C20H25N3O. The van der Waals surface area contributed by atoms with Crippen LogP contribution in [-0.2, 0) is 4.79 Å². The Morgan fingerprint density at radius 1 is 1.12 bits per heavy atom. The van der Waals surface area contributed by atoms with E-state index in [2.05, 4.69) is 39.5 Å². The third kappa shape index (κ3) is 3.23. The monoisotopic (exact) mass is 323 g/mol. The lowest BCUT2D eigenvalue weighted by Crippen LogP contribution is -2.41. The molecule has 1 aliphatic heterocycles. The van der Waals surface area contributed by atoms with E-state index in [1.807, 2.05) is 12.3 Å². The van der Waals surface area contributed by atoms with Crippen molar-refractivity contribution >= 4 is 22.5 Å². The number of nitrogens with zero attached hydrogens (tertiary/aromatic N) is 2. The normalized spacial score (nSPS) is 19.2. The summed E-state index contributed by atoms with van der Waals surface area (Å²) in [4.78, 5) is 19.0. The fourth-order valence-corrected chi connectivity index (χ4v) is 3.84. The second-order valence-corrected chi connectivity index (χ2v) is 7.18. The van der Waals surface area contributed by atoms with Crippen LogP contribution in [0.25, 0.3) is 10.9 Å². The molecule has 0 bridgehead atoms. The number of nitrogens with one attached hydrogen (secondary N) is 1. The van der Waals surface area contributed by atoms with Gasteiger partial charge in [0, 0.05) is 42.8 Å². The van der Waals surface area contributed by atoms with Crippen molar-refractivity contribution in [2.24, 2.45) is 5.92 Å². The number of carbonyl (C=O) groups excluding carboxylic acids is 1. The highest BCUT2D eigenvalue weighted by Gasteiger charge is 2.25. The summed E-state index contributed by atoms with van der Waals surface area (Å²) in [6, 6.07) is 10.9. The van der Waals surface area contributed by atoms with Gasteiger partial charge in [-0.05, 0) is 50.2 Å². The summed E-state index contributed by atoms with van der Waals surface area (Å²) in [7, 11) is 0. The second kappa shape index (κ2) is 6.80. The molecule has 1 N–H and O–H groups in total. The zero-order valence-corrected chi connectivity index (χ0v) is 14.1. The maximum absolute atomic E-state index is 12.1. The molecule has 1 aliphatic carbocycles. The number of benzene rings is 1. The Hall–Kier alpha value is -2.10. The van der Waals surface area contributed by atoms with Crippen molar-refractivity contribution in [3.05, 3.63) is 36.5 Å². The van der Waals surface area contributed by atoms with Crippen LogP contribution >= 0.6 is 0 Å². The minimum Gasteiger partial charge on any atom is -0.371 e. The zero-order chi connectivity index (χ0) is 16.4. The van der Waals surface area contributed by atoms with E-state index in [1.165, 1.54) is 30.3 Å². The van der Waals surface area contributed by atoms with Gasteiger partial charge in [-0.2, -0.15) is 0 Å². The van der Waals surface area contributed by atoms with Crippen LogP contribution in [0.15, 0.2) is 36.5 Å². The standard InChI is InChI=1S/C20H25N3O/c24-20(22-16-4-3-5-16)14-15-9-12-23(13-10-15)19-8-11-21-18-7-2-1-6-17(18)19/h1-2,6-8,11,15-16H,3-5,9-10,12-14H2,(H,22,24). The molecule has 0 radical (unpaired) electrons. The van der Waals surface area contributed by atoms with Gasteiger partial charge in [-0.25, -0.2) is 0 Å². The highest BCUT2D eigenvalue weighted by Crippen LogP contribution is 2.30. The summed E-state index contributed by atoms with van der Waals surface area (Å²) >= 11 is 0. The molecule has 0 atom stereocenters. The van der Waals surface area contributed by atoms with Gasteiger partial charge in [0.1, 0.15) is 0 Å². The zero-order valence-electron chi connectivity index (χ0n) is 14.1. The molecule has 24 heavy (non-hydrogen) atoms. The van der Waals surface area contributed by atoms with Crippen LogP contribution < -0.4 is 10.2 Å². The molecule has 4 nitrogen and oxygen atoms in total. The van der Waals surface area contributed by atoms with E-state index in [1.54, 1.807) is 0 Å². The molecule has 1 amide bonds. The second-order valence-electron chi connectivity index (χ2n) is 7.18. The number of aromatic nitrogens is 1. The van der Waals surface area contributed by atoms with Crippen molar-refractivity contribution < 1.29 is 4.79 Å². The number of carbonyl (C=O) groups is 1. The topological polar surface area (TPSA) is 45.2 Å². The fourth-order valence-electron chi connectivity index (χ4n) is 3.84. The summed E-state index contributed by atoms with van der Waals surface area (Å²) in [5, 5.41) is 4.39. The number of amides is 1. The van der Waals surface area contributed by atoms with Crippen LogP contribution in [0.5, 0.6) is 0 Å². The molecule has 1 saturated heterocycles. The van der Waals surface area contributed by atoms with Crippen LogP contribution in [0.3, 0.4) is 0 Å². The molecule has 0 unspecified atom stereocenters. The van der Waals surface area contributed by atoms with Gasteiger partial charge in [0.15, 0.2) is 0 Å². The Morgan fingerprint density at radius 3 is 2.67 bits per heavy atom. The van der Waals surface area contributed by atoms with E-state index >= 15 is 0 Å². The van der Waals surface area contributed by atoms with Crippen molar-refractivity contribution in [1.82, 2.24) is 10.3 Å². The average molecular weight is 323 g/mol. The molecule has 4 heteroatoms. The summed E-state index contributed by atoms with van der Waals surface area (Å²) in [5.41, 5.74) is 2.33. The van der Waals surface area contributed by atoms with Gasteiger partial charge in [0.05, 0.1) is 5.52 Å². The molecular weight excluding hydrogens is 298 g/mol. The number of fused-ring (bicyclic) bond motifs is 1. The molecule has 2 aromatic rings. The number of pyridine rings is 1. The maximum Gasteiger partial charge on any atom is 0.220 e. The van der Waals surface area contributed by atoms with E-state index in [9.17, 15) is 4.79 Å². The molecule has 1 aromatic carbocycles. The van der Waals surface area contributed by atoms with Gasteiger partial charge in [0.2, 0.25) is 5.91 Å². The van der Waals surface area contributed by atoms with Crippen LogP contribution in [-0.4, -0.2) is 30.0 Å². The smallest absolute Gasteiger partial charge is 0.220 e. The SMILES string of the molecule is O=C(CC1CCN(c2ccnc3ccccc23)CC1)NC1CCC1. The summed E-state index contributed by atoms with van der Waals surface area (Å²) in [5.74, 6) is 0.780. The van der Waals surface area contributed by atoms with Crippen molar-refractivity contribution in [3.63, 3.8) is 0 Å². The third-order valence-corrected chi connectivity index (χ3v) is 5.53. The molecule has 4 rings (SSSR count). The first kappa shape index (κ1) is 15.4. The van der Waals surface area contributed by atoms with Crippen LogP contribution in [0.4, 0.5) is 5.69 Å². The summed E-state index contributed by atoms with van der Waals surface area (Å²) in [6.45, 7) is 2.05. The van der Waals surface area contributed by atoms with Gasteiger partial charge in [-0.15, -0.1) is 0 Å². The van der Waals surface area contributed by atoms with Crippen LogP contribution in [0.2, 0.25) is 0 Å². The number of anilines is 1.